The summed E-state index contributed by atoms with van der Waals surface area (Å²) in [6.45, 7) is 2.70. The molecule has 18 heavy (non-hydrogen) atoms. The molecule has 6 nitrogen and oxygen atoms in total. The second-order valence-electron chi connectivity index (χ2n) is 4.17. The van der Waals surface area contributed by atoms with Crippen LogP contribution in [0.4, 0.5) is 5.82 Å². The van der Waals surface area contributed by atoms with E-state index >= 15 is 0 Å². The molecule has 0 saturated heterocycles. The first-order chi connectivity index (χ1) is 8.54. The molecular formula is C11H16BrN3O3. The molecule has 0 radical (unpaired) electrons. The molecule has 1 heterocycles. The Morgan fingerprint density at radius 1 is 1.61 bits per heavy atom. The summed E-state index contributed by atoms with van der Waals surface area (Å²) in [5.74, 6) is 0.0936. The third kappa shape index (κ3) is 4.48. The van der Waals surface area contributed by atoms with Crippen molar-refractivity contribution in [3.63, 3.8) is 0 Å². The maximum Gasteiger partial charge on any atom is 0.321 e. The zero-order valence-corrected chi connectivity index (χ0v) is 11.7. The molecule has 0 saturated carbocycles. The molecule has 0 bridgehead atoms. The van der Waals surface area contributed by atoms with Crippen molar-refractivity contribution < 1.29 is 9.72 Å². The SMILES string of the molecule is CC(CBr)CCCNC(=O)c1ccc([N+](=O)[O-])[nH]1. The van der Waals surface area contributed by atoms with Gasteiger partial charge in [-0.3, -0.25) is 4.79 Å². The van der Waals surface area contributed by atoms with Gasteiger partial charge in [0, 0.05) is 17.9 Å². The molecule has 0 fully saturated rings. The van der Waals surface area contributed by atoms with Gasteiger partial charge >= 0.3 is 5.82 Å². The van der Waals surface area contributed by atoms with E-state index in [0.29, 0.717) is 12.5 Å². The minimum absolute atomic E-state index is 0.173. The van der Waals surface area contributed by atoms with E-state index in [-0.39, 0.29) is 17.4 Å². The lowest BCUT2D eigenvalue weighted by Crippen LogP contribution is -2.25. The van der Waals surface area contributed by atoms with Crippen LogP contribution in [-0.2, 0) is 0 Å². The average molecular weight is 318 g/mol. The number of amides is 1. The summed E-state index contributed by atoms with van der Waals surface area (Å²) in [5.41, 5.74) is 0.218. The van der Waals surface area contributed by atoms with Crippen molar-refractivity contribution in [1.29, 1.82) is 0 Å². The van der Waals surface area contributed by atoms with Gasteiger partial charge in [0.1, 0.15) is 0 Å². The number of hydrogen-bond donors (Lipinski definition) is 2. The molecule has 1 aromatic heterocycles. The quantitative estimate of drug-likeness (QED) is 0.350. The molecule has 0 aromatic carbocycles. The molecule has 0 aliphatic heterocycles. The van der Waals surface area contributed by atoms with Gasteiger partial charge in [0.15, 0.2) is 5.69 Å². The summed E-state index contributed by atoms with van der Waals surface area (Å²) < 4.78 is 0. The van der Waals surface area contributed by atoms with Crippen LogP contribution in [0.2, 0.25) is 0 Å². The summed E-state index contributed by atoms with van der Waals surface area (Å²) >= 11 is 3.39. The van der Waals surface area contributed by atoms with Crippen LogP contribution in [0, 0.1) is 16.0 Å². The lowest BCUT2D eigenvalue weighted by molar-refractivity contribution is -0.389. The van der Waals surface area contributed by atoms with E-state index in [4.69, 9.17) is 0 Å². The number of alkyl halides is 1. The van der Waals surface area contributed by atoms with Crippen LogP contribution in [0.15, 0.2) is 12.1 Å². The Labute approximate surface area is 113 Å². The number of carbonyl (C=O) groups is 1. The number of carbonyl (C=O) groups excluding carboxylic acids is 1. The van der Waals surface area contributed by atoms with Gasteiger partial charge in [-0.1, -0.05) is 22.9 Å². The molecule has 0 aliphatic carbocycles. The number of H-pyrrole nitrogens is 1. The Morgan fingerprint density at radius 3 is 2.89 bits per heavy atom. The van der Waals surface area contributed by atoms with Crippen LogP contribution < -0.4 is 5.32 Å². The van der Waals surface area contributed by atoms with Crippen LogP contribution in [-0.4, -0.2) is 27.7 Å². The molecular weight excluding hydrogens is 302 g/mol. The topological polar surface area (TPSA) is 88.0 Å². The molecule has 1 amide bonds. The standard InChI is InChI=1S/C11H16BrN3O3/c1-8(7-12)3-2-6-13-11(16)9-4-5-10(14-9)15(17)18/h4-5,8,14H,2-3,6-7H2,1H3,(H,13,16). The molecule has 1 rings (SSSR count). The Balaban J connectivity index is 2.34. The summed E-state index contributed by atoms with van der Waals surface area (Å²) in [6, 6.07) is 2.69. The maximum atomic E-state index is 11.6. The number of nitrogens with zero attached hydrogens (tertiary/aromatic N) is 1. The summed E-state index contributed by atoms with van der Waals surface area (Å²) in [5, 5.41) is 14.1. The van der Waals surface area contributed by atoms with Gasteiger partial charge in [0.05, 0.1) is 0 Å². The fourth-order valence-corrected chi connectivity index (χ4v) is 1.77. The van der Waals surface area contributed by atoms with Crippen LogP contribution in [0.5, 0.6) is 0 Å². The summed E-state index contributed by atoms with van der Waals surface area (Å²) in [4.78, 5) is 24.0. The predicted molar refractivity (Wildman–Crippen MR) is 72.0 cm³/mol. The third-order valence-electron chi connectivity index (χ3n) is 2.53. The lowest BCUT2D eigenvalue weighted by Gasteiger charge is -2.07. The van der Waals surface area contributed by atoms with E-state index in [1.807, 2.05) is 0 Å². The molecule has 2 N–H and O–H groups in total. The highest BCUT2D eigenvalue weighted by molar-refractivity contribution is 9.09. The fraction of sp³-hybridized carbons (Fsp3) is 0.545. The number of nitro groups is 1. The van der Waals surface area contributed by atoms with Crippen molar-refractivity contribution in [3.8, 4) is 0 Å². The number of nitrogens with one attached hydrogen (secondary N) is 2. The smallest absolute Gasteiger partial charge is 0.321 e. The molecule has 0 spiro atoms. The van der Waals surface area contributed by atoms with Crippen LogP contribution in [0.3, 0.4) is 0 Å². The van der Waals surface area contributed by atoms with E-state index in [2.05, 4.69) is 33.2 Å². The van der Waals surface area contributed by atoms with Crippen LogP contribution in [0.25, 0.3) is 0 Å². The van der Waals surface area contributed by atoms with E-state index in [0.717, 1.165) is 18.2 Å². The van der Waals surface area contributed by atoms with Crippen LogP contribution in [0.1, 0.15) is 30.3 Å². The number of rotatable bonds is 7. The highest BCUT2D eigenvalue weighted by Gasteiger charge is 2.14. The minimum atomic E-state index is -0.561. The predicted octanol–water partition coefficient (Wildman–Crippen LogP) is 2.46. The first-order valence-corrected chi connectivity index (χ1v) is 6.84. The second kappa shape index (κ2) is 7.15. The van der Waals surface area contributed by atoms with Crippen molar-refractivity contribution in [2.24, 2.45) is 5.92 Å². The number of hydrogen-bond acceptors (Lipinski definition) is 3. The molecule has 0 aliphatic rings. The van der Waals surface area contributed by atoms with Gasteiger partial charge < -0.3 is 15.4 Å². The zero-order valence-electron chi connectivity index (χ0n) is 10.1. The Morgan fingerprint density at radius 2 is 2.33 bits per heavy atom. The largest absolute Gasteiger partial charge is 0.358 e. The van der Waals surface area contributed by atoms with Gasteiger partial charge in [-0.15, -0.1) is 0 Å². The second-order valence-corrected chi connectivity index (χ2v) is 4.82. The average Bonchev–Trinajstić information content (AvgIpc) is 2.83. The summed E-state index contributed by atoms with van der Waals surface area (Å²) in [6.07, 6.45) is 1.91. The van der Waals surface area contributed by atoms with Gasteiger partial charge in [0.25, 0.3) is 5.91 Å². The van der Waals surface area contributed by atoms with Crippen molar-refractivity contribution >= 4 is 27.7 Å². The summed E-state index contributed by atoms with van der Waals surface area (Å²) in [7, 11) is 0. The van der Waals surface area contributed by atoms with Gasteiger partial charge in [-0.25, -0.2) is 4.98 Å². The Hall–Kier alpha value is -1.37. The maximum absolute atomic E-state index is 11.6. The van der Waals surface area contributed by atoms with Crippen molar-refractivity contribution in [1.82, 2.24) is 10.3 Å². The van der Waals surface area contributed by atoms with Crippen LogP contribution >= 0.6 is 15.9 Å². The van der Waals surface area contributed by atoms with Gasteiger partial charge in [-0.05, 0) is 29.7 Å². The molecule has 100 valence electrons. The third-order valence-corrected chi connectivity index (χ3v) is 3.64. The van der Waals surface area contributed by atoms with Crippen molar-refractivity contribution in [3.05, 3.63) is 27.9 Å². The van der Waals surface area contributed by atoms with Crippen molar-refractivity contribution in [2.45, 2.75) is 19.8 Å². The highest BCUT2D eigenvalue weighted by Crippen LogP contribution is 2.10. The van der Waals surface area contributed by atoms with E-state index in [9.17, 15) is 14.9 Å². The Kier molecular flexibility index (Phi) is 5.84. The van der Waals surface area contributed by atoms with E-state index < -0.39 is 4.92 Å². The number of aromatic amines is 1. The monoisotopic (exact) mass is 317 g/mol. The van der Waals surface area contributed by atoms with Crippen molar-refractivity contribution in [2.75, 3.05) is 11.9 Å². The minimum Gasteiger partial charge on any atom is -0.358 e. The molecule has 7 heteroatoms. The van der Waals surface area contributed by atoms with Gasteiger partial charge in [-0.2, -0.15) is 0 Å². The molecule has 1 aromatic rings. The fourth-order valence-electron chi connectivity index (χ4n) is 1.45. The van der Waals surface area contributed by atoms with Gasteiger partial charge in [0.2, 0.25) is 0 Å². The highest BCUT2D eigenvalue weighted by atomic mass is 79.9. The molecule has 1 atom stereocenters. The van der Waals surface area contributed by atoms with E-state index in [1.54, 1.807) is 0 Å². The first kappa shape index (κ1) is 14.7. The first-order valence-electron chi connectivity index (χ1n) is 5.72. The normalized spacial score (nSPS) is 12.1. The number of halogens is 1. The number of aromatic nitrogens is 1. The van der Waals surface area contributed by atoms with E-state index in [1.165, 1.54) is 12.1 Å². The zero-order chi connectivity index (χ0) is 13.5. The Bertz CT molecular complexity index is 419. The molecule has 1 unspecified atom stereocenters. The lowest BCUT2D eigenvalue weighted by atomic mass is 10.1.